The molecule has 1 saturated heterocycles. The van der Waals surface area contributed by atoms with E-state index in [0.29, 0.717) is 12.2 Å². The fourth-order valence-corrected chi connectivity index (χ4v) is 1.99. The van der Waals surface area contributed by atoms with Gasteiger partial charge in [-0.3, -0.25) is 4.79 Å². The minimum absolute atomic E-state index is 0.142. The van der Waals surface area contributed by atoms with Crippen molar-refractivity contribution in [3.8, 4) is 0 Å². The van der Waals surface area contributed by atoms with Crippen LogP contribution in [0.3, 0.4) is 0 Å². The number of thioether (sulfide) groups is 1. The first-order valence-electron chi connectivity index (χ1n) is 3.68. The summed E-state index contributed by atoms with van der Waals surface area (Å²) in [5, 5.41) is 3.20. The van der Waals surface area contributed by atoms with Crippen LogP contribution in [0.25, 0.3) is 0 Å². The number of carbonyl (C=O) groups is 1. The van der Waals surface area contributed by atoms with E-state index in [1.54, 1.807) is 0 Å². The van der Waals surface area contributed by atoms with Gasteiger partial charge in [0.2, 0.25) is 0 Å². The summed E-state index contributed by atoms with van der Waals surface area (Å²) < 4.78 is 0. The van der Waals surface area contributed by atoms with E-state index < -0.39 is 0 Å². The average Bonchev–Trinajstić information content (AvgIpc) is 2.05. The van der Waals surface area contributed by atoms with Gasteiger partial charge in [-0.15, -0.1) is 0 Å². The fraction of sp³-hybridized carbons (Fsp3) is 0.857. The molecule has 1 heterocycles. The third-order valence-electron chi connectivity index (χ3n) is 1.66. The predicted molar refractivity (Wildman–Crippen MR) is 44.4 cm³/mol. The maximum absolute atomic E-state index is 11.1. The molecule has 2 nitrogen and oxygen atoms in total. The van der Waals surface area contributed by atoms with E-state index >= 15 is 0 Å². The van der Waals surface area contributed by atoms with Crippen molar-refractivity contribution in [3.05, 3.63) is 0 Å². The Morgan fingerprint density at radius 2 is 2.60 bits per heavy atom. The average molecular weight is 159 g/mol. The lowest BCUT2D eigenvalue weighted by atomic mass is 10.2. The second-order valence-corrected chi connectivity index (χ2v) is 3.55. The second-order valence-electron chi connectivity index (χ2n) is 2.40. The molecule has 10 heavy (non-hydrogen) atoms. The Hall–Kier alpha value is -0.0200. The summed E-state index contributed by atoms with van der Waals surface area (Å²) in [6.07, 6.45) is 0.665. The van der Waals surface area contributed by atoms with Gasteiger partial charge in [-0.2, -0.15) is 11.8 Å². The van der Waals surface area contributed by atoms with Gasteiger partial charge in [-0.25, -0.2) is 0 Å². The van der Waals surface area contributed by atoms with Crippen molar-refractivity contribution in [3.63, 3.8) is 0 Å². The molecule has 1 N–H and O–H groups in total. The summed E-state index contributed by atoms with van der Waals surface area (Å²) in [6, 6.07) is 0.142. The summed E-state index contributed by atoms with van der Waals surface area (Å²) in [5.74, 6) is 2.47. The van der Waals surface area contributed by atoms with Crippen LogP contribution in [0.2, 0.25) is 0 Å². The minimum atomic E-state index is 0.142. The molecule has 1 rings (SSSR count). The molecular formula is C7H13NOS. The van der Waals surface area contributed by atoms with Crippen molar-refractivity contribution in [1.29, 1.82) is 0 Å². The molecule has 1 aliphatic rings. The summed E-state index contributed by atoms with van der Waals surface area (Å²) in [4.78, 5) is 11.1. The first kappa shape index (κ1) is 8.08. The largest absolute Gasteiger partial charge is 0.306 e. The fourth-order valence-electron chi connectivity index (χ4n) is 1.02. The molecule has 0 saturated carbocycles. The van der Waals surface area contributed by atoms with E-state index in [1.165, 1.54) is 0 Å². The zero-order valence-corrected chi connectivity index (χ0v) is 7.04. The standard InChI is InChI=1S/C7H13NOS/c1-2-7(9)6-5-10-4-3-8-6/h6,8H,2-5H2,1H3. The van der Waals surface area contributed by atoms with Crippen molar-refractivity contribution in [2.24, 2.45) is 0 Å². The van der Waals surface area contributed by atoms with Crippen LogP contribution in [-0.2, 0) is 4.79 Å². The summed E-state index contributed by atoms with van der Waals surface area (Å²) in [7, 11) is 0. The number of Topliss-reactive ketones (excluding diaryl/α,β-unsaturated/α-hetero) is 1. The molecule has 0 bridgehead atoms. The molecule has 0 aromatic heterocycles. The highest BCUT2D eigenvalue weighted by Gasteiger charge is 2.18. The number of ketones is 1. The first-order valence-corrected chi connectivity index (χ1v) is 4.84. The number of rotatable bonds is 2. The molecule has 1 unspecified atom stereocenters. The van der Waals surface area contributed by atoms with Gasteiger partial charge in [0.15, 0.2) is 0 Å². The Morgan fingerprint density at radius 3 is 3.10 bits per heavy atom. The van der Waals surface area contributed by atoms with E-state index in [-0.39, 0.29) is 6.04 Å². The zero-order valence-electron chi connectivity index (χ0n) is 6.22. The smallest absolute Gasteiger partial charge is 0.150 e. The molecule has 3 heteroatoms. The van der Waals surface area contributed by atoms with Crippen LogP contribution in [0.5, 0.6) is 0 Å². The monoisotopic (exact) mass is 159 g/mol. The number of hydrogen-bond acceptors (Lipinski definition) is 3. The lowest BCUT2D eigenvalue weighted by Crippen LogP contribution is -2.43. The molecule has 0 aliphatic carbocycles. The molecule has 58 valence electrons. The van der Waals surface area contributed by atoms with Gasteiger partial charge in [-0.05, 0) is 0 Å². The predicted octanol–water partition coefficient (Wildman–Crippen LogP) is 0.670. The van der Waals surface area contributed by atoms with Gasteiger partial charge < -0.3 is 5.32 Å². The van der Waals surface area contributed by atoms with E-state index in [2.05, 4.69) is 5.32 Å². The molecular weight excluding hydrogens is 146 g/mol. The highest BCUT2D eigenvalue weighted by atomic mass is 32.2. The van der Waals surface area contributed by atoms with E-state index in [1.807, 2.05) is 18.7 Å². The molecule has 1 atom stereocenters. The van der Waals surface area contributed by atoms with Crippen LogP contribution in [0, 0.1) is 0 Å². The maximum atomic E-state index is 11.1. The van der Waals surface area contributed by atoms with Crippen LogP contribution in [-0.4, -0.2) is 29.9 Å². The number of carbonyl (C=O) groups excluding carboxylic acids is 1. The lowest BCUT2D eigenvalue weighted by molar-refractivity contribution is -0.120. The van der Waals surface area contributed by atoms with Gasteiger partial charge in [0.25, 0.3) is 0 Å². The number of nitrogens with one attached hydrogen (secondary N) is 1. The van der Waals surface area contributed by atoms with E-state index in [9.17, 15) is 4.79 Å². The second kappa shape index (κ2) is 3.98. The topological polar surface area (TPSA) is 29.1 Å². The summed E-state index contributed by atoms with van der Waals surface area (Å²) in [5.41, 5.74) is 0. The minimum Gasteiger partial charge on any atom is -0.306 e. The van der Waals surface area contributed by atoms with Crippen molar-refractivity contribution in [2.45, 2.75) is 19.4 Å². The molecule has 1 fully saturated rings. The normalized spacial score (nSPS) is 26.3. The first-order chi connectivity index (χ1) is 4.84. The molecule has 0 aromatic carbocycles. The maximum Gasteiger partial charge on any atom is 0.150 e. The van der Waals surface area contributed by atoms with E-state index in [4.69, 9.17) is 0 Å². The van der Waals surface area contributed by atoms with Crippen LogP contribution < -0.4 is 5.32 Å². The van der Waals surface area contributed by atoms with Crippen LogP contribution >= 0.6 is 11.8 Å². The summed E-state index contributed by atoms with van der Waals surface area (Å²) in [6.45, 7) is 2.91. The molecule has 0 radical (unpaired) electrons. The Balaban J connectivity index is 2.31. The van der Waals surface area contributed by atoms with Crippen molar-refractivity contribution >= 4 is 17.5 Å². The lowest BCUT2D eigenvalue weighted by Gasteiger charge is -2.20. The van der Waals surface area contributed by atoms with Crippen LogP contribution in [0.15, 0.2) is 0 Å². The Bertz CT molecular complexity index is 121. The Kier molecular flexibility index (Phi) is 3.22. The third-order valence-corrected chi connectivity index (χ3v) is 2.72. The van der Waals surface area contributed by atoms with Gasteiger partial charge >= 0.3 is 0 Å². The van der Waals surface area contributed by atoms with Crippen LogP contribution in [0.4, 0.5) is 0 Å². The highest BCUT2D eigenvalue weighted by molar-refractivity contribution is 7.99. The summed E-state index contributed by atoms with van der Waals surface area (Å²) >= 11 is 1.86. The van der Waals surface area contributed by atoms with Gasteiger partial charge in [-0.1, -0.05) is 6.92 Å². The molecule has 0 spiro atoms. The molecule has 1 aliphatic heterocycles. The molecule has 0 aromatic rings. The zero-order chi connectivity index (χ0) is 7.40. The van der Waals surface area contributed by atoms with Gasteiger partial charge in [0, 0.05) is 24.5 Å². The highest BCUT2D eigenvalue weighted by Crippen LogP contribution is 2.08. The number of hydrogen-bond donors (Lipinski definition) is 1. The Morgan fingerprint density at radius 1 is 1.80 bits per heavy atom. The van der Waals surface area contributed by atoms with Crippen molar-refractivity contribution in [1.82, 2.24) is 5.32 Å². The van der Waals surface area contributed by atoms with Gasteiger partial charge in [0.05, 0.1) is 6.04 Å². The van der Waals surface area contributed by atoms with E-state index in [0.717, 1.165) is 18.1 Å². The van der Waals surface area contributed by atoms with Gasteiger partial charge in [0.1, 0.15) is 5.78 Å². The Labute approximate surface area is 65.8 Å². The van der Waals surface area contributed by atoms with Crippen molar-refractivity contribution in [2.75, 3.05) is 18.1 Å². The SMILES string of the molecule is CCC(=O)C1CSCCN1. The third kappa shape index (κ3) is 1.99. The van der Waals surface area contributed by atoms with Crippen LogP contribution in [0.1, 0.15) is 13.3 Å². The van der Waals surface area contributed by atoms with Crippen molar-refractivity contribution < 1.29 is 4.79 Å². The quantitative estimate of drug-likeness (QED) is 0.642. The molecule has 0 amide bonds.